The molecule has 90 valence electrons. The fraction of sp³-hybridized carbons (Fsp3) is 0.308. The van der Waals surface area contributed by atoms with E-state index < -0.39 is 0 Å². The van der Waals surface area contributed by atoms with Crippen molar-refractivity contribution in [1.29, 1.82) is 0 Å². The minimum Gasteiger partial charge on any atom is -0.497 e. The third kappa shape index (κ3) is 2.25. The van der Waals surface area contributed by atoms with E-state index >= 15 is 0 Å². The van der Waals surface area contributed by atoms with Crippen molar-refractivity contribution >= 4 is 16.9 Å². The lowest BCUT2D eigenvalue weighted by Crippen LogP contribution is -2.23. The van der Waals surface area contributed by atoms with Crippen LogP contribution in [0, 0.1) is 0 Å². The Bertz CT molecular complexity index is 543. The number of amides is 1. The molecular formula is C13H15NO3. The molecular weight excluding hydrogens is 218 g/mol. The van der Waals surface area contributed by atoms with Crippen molar-refractivity contribution in [2.45, 2.75) is 6.42 Å². The number of carbonyl (C=O) groups is 1. The second-order valence-corrected chi connectivity index (χ2v) is 4.09. The standard InChI is InChI=1S/C13H15NO3/c1-14(2)13(15)6-9-8-17-12-7-10(16-3)4-5-11(9)12/h4-5,7-8H,6H2,1-3H3. The lowest BCUT2D eigenvalue weighted by Gasteiger charge is -2.08. The van der Waals surface area contributed by atoms with E-state index in [4.69, 9.17) is 9.15 Å². The maximum atomic E-state index is 11.6. The minimum atomic E-state index is 0.0588. The highest BCUT2D eigenvalue weighted by Crippen LogP contribution is 2.25. The molecule has 0 saturated heterocycles. The highest BCUT2D eigenvalue weighted by atomic mass is 16.5. The molecule has 4 heteroatoms. The lowest BCUT2D eigenvalue weighted by molar-refractivity contribution is -0.127. The van der Waals surface area contributed by atoms with Gasteiger partial charge < -0.3 is 14.1 Å². The Morgan fingerprint density at radius 2 is 2.18 bits per heavy atom. The number of furan rings is 1. The van der Waals surface area contributed by atoms with Gasteiger partial charge in [-0.2, -0.15) is 0 Å². The van der Waals surface area contributed by atoms with E-state index in [1.54, 1.807) is 32.4 Å². The third-order valence-electron chi connectivity index (χ3n) is 2.70. The number of hydrogen-bond donors (Lipinski definition) is 0. The van der Waals surface area contributed by atoms with Gasteiger partial charge in [0.25, 0.3) is 0 Å². The zero-order valence-corrected chi connectivity index (χ0v) is 10.2. The molecule has 1 heterocycles. The molecule has 0 atom stereocenters. The molecule has 0 aliphatic heterocycles. The van der Waals surface area contributed by atoms with Crippen molar-refractivity contribution in [2.75, 3.05) is 21.2 Å². The monoisotopic (exact) mass is 233 g/mol. The summed E-state index contributed by atoms with van der Waals surface area (Å²) in [5.74, 6) is 0.806. The van der Waals surface area contributed by atoms with E-state index in [2.05, 4.69) is 0 Å². The second kappa shape index (κ2) is 4.49. The molecule has 0 unspecified atom stereocenters. The highest BCUT2D eigenvalue weighted by molar-refractivity contribution is 5.88. The molecule has 0 aliphatic rings. The van der Waals surface area contributed by atoms with Crippen molar-refractivity contribution in [3.63, 3.8) is 0 Å². The number of ether oxygens (including phenoxy) is 1. The van der Waals surface area contributed by atoms with Gasteiger partial charge in [-0.25, -0.2) is 0 Å². The molecule has 1 aromatic heterocycles. The predicted molar refractivity (Wildman–Crippen MR) is 65.2 cm³/mol. The average Bonchev–Trinajstić information content (AvgIpc) is 2.71. The summed E-state index contributed by atoms with van der Waals surface area (Å²) in [5.41, 5.74) is 1.65. The summed E-state index contributed by atoms with van der Waals surface area (Å²) in [4.78, 5) is 13.2. The number of methoxy groups -OCH3 is 1. The van der Waals surface area contributed by atoms with Crippen LogP contribution < -0.4 is 4.74 Å². The second-order valence-electron chi connectivity index (χ2n) is 4.09. The first-order valence-corrected chi connectivity index (χ1v) is 5.36. The van der Waals surface area contributed by atoms with Crippen molar-refractivity contribution in [2.24, 2.45) is 0 Å². The van der Waals surface area contributed by atoms with Gasteiger partial charge in [0.15, 0.2) is 0 Å². The summed E-state index contributed by atoms with van der Waals surface area (Å²) < 4.78 is 10.5. The number of fused-ring (bicyclic) bond motifs is 1. The van der Waals surface area contributed by atoms with Crippen LogP contribution in [-0.4, -0.2) is 32.0 Å². The van der Waals surface area contributed by atoms with Crippen molar-refractivity contribution in [1.82, 2.24) is 4.90 Å². The van der Waals surface area contributed by atoms with E-state index in [0.717, 1.165) is 22.3 Å². The number of rotatable bonds is 3. The fourth-order valence-corrected chi connectivity index (χ4v) is 1.65. The van der Waals surface area contributed by atoms with Crippen LogP contribution >= 0.6 is 0 Å². The molecule has 0 bridgehead atoms. The maximum Gasteiger partial charge on any atom is 0.226 e. The van der Waals surface area contributed by atoms with Gasteiger partial charge in [0.05, 0.1) is 19.8 Å². The van der Waals surface area contributed by atoms with Gasteiger partial charge in [-0.1, -0.05) is 0 Å². The molecule has 0 saturated carbocycles. The maximum absolute atomic E-state index is 11.6. The summed E-state index contributed by atoms with van der Waals surface area (Å²) in [6.45, 7) is 0. The third-order valence-corrected chi connectivity index (χ3v) is 2.70. The molecule has 0 N–H and O–H groups in total. The smallest absolute Gasteiger partial charge is 0.226 e. The number of carbonyl (C=O) groups excluding carboxylic acids is 1. The summed E-state index contributed by atoms with van der Waals surface area (Å²) in [6, 6.07) is 5.59. The Labute approximate surface area is 99.8 Å². The van der Waals surface area contributed by atoms with Crippen molar-refractivity contribution < 1.29 is 13.9 Å². The highest BCUT2D eigenvalue weighted by Gasteiger charge is 2.12. The molecule has 0 aliphatic carbocycles. The molecule has 2 rings (SSSR count). The average molecular weight is 233 g/mol. The van der Waals surface area contributed by atoms with Crippen LogP contribution in [0.25, 0.3) is 11.0 Å². The van der Waals surface area contributed by atoms with E-state index in [0.29, 0.717) is 6.42 Å². The quantitative estimate of drug-likeness (QED) is 0.815. The fourth-order valence-electron chi connectivity index (χ4n) is 1.65. The van der Waals surface area contributed by atoms with Crippen LogP contribution in [0.2, 0.25) is 0 Å². The summed E-state index contributed by atoms with van der Waals surface area (Å²) in [6.07, 6.45) is 1.98. The SMILES string of the molecule is COc1ccc2c(CC(=O)N(C)C)coc2c1. The van der Waals surface area contributed by atoms with Crippen LogP contribution in [0.5, 0.6) is 5.75 Å². The van der Waals surface area contributed by atoms with Crippen LogP contribution in [0.15, 0.2) is 28.9 Å². The van der Waals surface area contributed by atoms with Crippen LogP contribution in [0.4, 0.5) is 0 Å². The number of benzene rings is 1. The topological polar surface area (TPSA) is 42.7 Å². The number of likely N-dealkylation sites (N-methyl/N-ethyl adjacent to an activating group) is 1. The van der Waals surface area contributed by atoms with E-state index in [1.165, 1.54) is 0 Å². The molecule has 4 nitrogen and oxygen atoms in total. The van der Waals surface area contributed by atoms with Crippen molar-refractivity contribution in [3.8, 4) is 5.75 Å². The van der Waals surface area contributed by atoms with E-state index in [1.807, 2.05) is 18.2 Å². The Kier molecular flexibility index (Phi) is 3.04. The molecule has 0 fully saturated rings. The van der Waals surface area contributed by atoms with Crippen molar-refractivity contribution in [3.05, 3.63) is 30.0 Å². The first-order valence-electron chi connectivity index (χ1n) is 5.36. The van der Waals surface area contributed by atoms with Gasteiger partial charge >= 0.3 is 0 Å². The Morgan fingerprint density at radius 1 is 1.41 bits per heavy atom. The molecule has 1 aromatic carbocycles. The number of nitrogens with zero attached hydrogens (tertiary/aromatic N) is 1. The minimum absolute atomic E-state index is 0.0588. The van der Waals surface area contributed by atoms with Crippen LogP contribution in [0.3, 0.4) is 0 Å². The summed E-state index contributed by atoms with van der Waals surface area (Å²) in [7, 11) is 5.10. The normalized spacial score (nSPS) is 10.5. The zero-order chi connectivity index (χ0) is 12.4. The first kappa shape index (κ1) is 11.5. The summed E-state index contributed by atoms with van der Waals surface area (Å²) in [5, 5.41) is 0.959. The molecule has 1 amide bonds. The molecule has 2 aromatic rings. The first-order chi connectivity index (χ1) is 8.11. The van der Waals surface area contributed by atoms with Gasteiger partial charge in [-0.3, -0.25) is 4.79 Å². The van der Waals surface area contributed by atoms with Crippen LogP contribution in [-0.2, 0) is 11.2 Å². The summed E-state index contributed by atoms with van der Waals surface area (Å²) >= 11 is 0. The van der Waals surface area contributed by atoms with E-state index in [9.17, 15) is 4.79 Å². The van der Waals surface area contributed by atoms with Gasteiger partial charge in [0, 0.05) is 31.1 Å². The zero-order valence-electron chi connectivity index (χ0n) is 10.2. The van der Waals surface area contributed by atoms with Gasteiger partial charge in [-0.15, -0.1) is 0 Å². The Hall–Kier alpha value is -1.97. The Morgan fingerprint density at radius 3 is 2.82 bits per heavy atom. The predicted octanol–water partition coefficient (Wildman–Crippen LogP) is 2.07. The van der Waals surface area contributed by atoms with Gasteiger partial charge in [-0.05, 0) is 12.1 Å². The molecule has 0 spiro atoms. The molecule has 0 radical (unpaired) electrons. The van der Waals surface area contributed by atoms with Gasteiger partial charge in [0.2, 0.25) is 5.91 Å². The van der Waals surface area contributed by atoms with E-state index in [-0.39, 0.29) is 5.91 Å². The molecule has 17 heavy (non-hydrogen) atoms. The lowest BCUT2D eigenvalue weighted by atomic mass is 10.1. The number of hydrogen-bond acceptors (Lipinski definition) is 3. The van der Waals surface area contributed by atoms with Crippen LogP contribution in [0.1, 0.15) is 5.56 Å². The largest absolute Gasteiger partial charge is 0.497 e. The van der Waals surface area contributed by atoms with Gasteiger partial charge in [0.1, 0.15) is 11.3 Å². The Balaban J connectivity index is 2.33.